The van der Waals surface area contributed by atoms with Crippen LogP contribution in [0.3, 0.4) is 0 Å². The minimum Gasteiger partial charge on any atom is -1.00 e. The molecule has 1 rings (SSSR count). The summed E-state index contributed by atoms with van der Waals surface area (Å²) in [5, 5.41) is 3.40. The van der Waals surface area contributed by atoms with Gasteiger partial charge >= 0.3 is 0 Å². The predicted molar refractivity (Wildman–Crippen MR) is 62.5 cm³/mol. The van der Waals surface area contributed by atoms with Crippen LogP contribution in [0.5, 0.6) is 0 Å². The fraction of sp³-hybridized carbons (Fsp3) is 0.538. The van der Waals surface area contributed by atoms with Gasteiger partial charge in [0.15, 0.2) is 0 Å². The Morgan fingerprint density at radius 2 is 1.73 bits per heavy atom. The first-order valence-corrected chi connectivity index (χ1v) is 5.53. The summed E-state index contributed by atoms with van der Waals surface area (Å²) in [6.07, 6.45) is 1.20. The zero-order valence-corrected chi connectivity index (χ0v) is 10.6. The van der Waals surface area contributed by atoms with Crippen molar-refractivity contribution in [1.29, 1.82) is 0 Å². The first-order chi connectivity index (χ1) is 6.74. The van der Waals surface area contributed by atoms with Crippen LogP contribution in [0.1, 0.15) is 44.2 Å². The van der Waals surface area contributed by atoms with E-state index in [0.29, 0.717) is 5.92 Å². The zero-order chi connectivity index (χ0) is 10.4. The van der Waals surface area contributed by atoms with Crippen LogP contribution in [-0.2, 0) is 6.54 Å². The maximum Gasteiger partial charge on any atom is 0.0205 e. The molecule has 1 N–H and O–H groups in total. The predicted octanol–water partition coefficient (Wildman–Crippen LogP) is 0.314. The first-order valence-electron chi connectivity index (χ1n) is 5.53. The average molecular weight is 227 g/mol. The lowest BCUT2D eigenvalue weighted by molar-refractivity contribution is -0.00000316. The van der Waals surface area contributed by atoms with Gasteiger partial charge in [-0.1, -0.05) is 45.0 Å². The van der Waals surface area contributed by atoms with Crippen molar-refractivity contribution in [2.24, 2.45) is 0 Å². The minimum atomic E-state index is 0. The van der Waals surface area contributed by atoms with Crippen LogP contribution in [0, 0.1) is 0 Å². The zero-order valence-electron chi connectivity index (χ0n) is 9.89. The van der Waals surface area contributed by atoms with Gasteiger partial charge in [-0.05, 0) is 30.0 Å². The highest BCUT2D eigenvalue weighted by atomic mass is 35.5. The lowest BCUT2D eigenvalue weighted by Crippen LogP contribution is -3.00. The summed E-state index contributed by atoms with van der Waals surface area (Å²) >= 11 is 0. The van der Waals surface area contributed by atoms with E-state index in [-0.39, 0.29) is 12.4 Å². The monoisotopic (exact) mass is 226 g/mol. The fourth-order valence-corrected chi connectivity index (χ4v) is 1.43. The molecule has 0 saturated heterocycles. The molecule has 15 heavy (non-hydrogen) atoms. The van der Waals surface area contributed by atoms with E-state index >= 15 is 0 Å². The van der Waals surface area contributed by atoms with Gasteiger partial charge in [-0.15, -0.1) is 0 Å². The molecule has 0 unspecified atom stereocenters. The molecule has 1 aromatic rings. The highest BCUT2D eigenvalue weighted by Crippen LogP contribution is 2.14. The minimum absolute atomic E-state index is 0. The third kappa shape index (κ3) is 5.19. The van der Waals surface area contributed by atoms with Gasteiger partial charge in [0, 0.05) is 6.54 Å². The Labute approximate surface area is 99.7 Å². The molecule has 0 aromatic heterocycles. The first kappa shape index (κ1) is 14.5. The number of rotatable bonds is 5. The lowest BCUT2D eigenvalue weighted by atomic mass is 10.0. The second kappa shape index (κ2) is 7.72. The molecule has 0 aliphatic heterocycles. The van der Waals surface area contributed by atoms with Crippen molar-refractivity contribution in [2.75, 3.05) is 6.54 Å². The molecule has 0 atom stereocenters. The molecule has 0 radical (unpaired) electrons. The molecule has 0 spiro atoms. The Morgan fingerprint density at radius 1 is 1.13 bits per heavy atom. The third-order valence-electron chi connectivity index (χ3n) is 2.40. The van der Waals surface area contributed by atoms with Gasteiger partial charge < -0.3 is 17.7 Å². The number of hydrogen-bond acceptors (Lipinski definition) is 1. The second-order valence-electron chi connectivity index (χ2n) is 4.07. The van der Waals surface area contributed by atoms with Gasteiger partial charge in [-0.3, -0.25) is 0 Å². The quantitative estimate of drug-likeness (QED) is 0.713. The summed E-state index contributed by atoms with van der Waals surface area (Å²) in [4.78, 5) is 0. The Kier molecular flexibility index (Phi) is 7.45. The molecule has 0 amide bonds. The SMILES string of the molecule is CCCNCc1ccc(C(C)C)cc1.[Cl-]. The van der Waals surface area contributed by atoms with E-state index in [1.54, 1.807) is 0 Å². The van der Waals surface area contributed by atoms with Crippen LogP contribution < -0.4 is 17.7 Å². The summed E-state index contributed by atoms with van der Waals surface area (Å²) in [6.45, 7) is 8.74. The van der Waals surface area contributed by atoms with E-state index in [4.69, 9.17) is 0 Å². The third-order valence-corrected chi connectivity index (χ3v) is 2.40. The van der Waals surface area contributed by atoms with E-state index in [1.165, 1.54) is 17.5 Å². The molecule has 0 aliphatic rings. The molecular formula is C13H21ClN-. The van der Waals surface area contributed by atoms with Crippen LogP contribution in [0.25, 0.3) is 0 Å². The standard InChI is InChI=1S/C13H21N.ClH/c1-4-9-14-10-12-5-7-13(8-6-12)11(2)3;/h5-8,11,14H,4,9-10H2,1-3H3;1H/p-1. The fourth-order valence-electron chi connectivity index (χ4n) is 1.43. The topological polar surface area (TPSA) is 12.0 Å². The van der Waals surface area contributed by atoms with Gasteiger partial charge in [0.05, 0.1) is 0 Å². The van der Waals surface area contributed by atoms with Gasteiger partial charge in [-0.2, -0.15) is 0 Å². The molecule has 2 heteroatoms. The molecule has 1 nitrogen and oxygen atoms in total. The summed E-state index contributed by atoms with van der Waals surface area (Å²) in [7, 11) is 0. The van der Waals surface area contributed by atoms with Crippen molar-refractivity contribution in [3.8, 4) is 0 Å². The van der Waals surface area contributed by atoms with Crippen molar-refractivity contribution in [3.63, 3.8) is 0 Å². The maximum atomic E-state index is 3.40. The van der Waals surface area contributed by atoms with E-state index in [2.05, 4.69) is 50.4 Å². The molecule has 1 aromatic carbocycles. The Balaban J connectivity index is 0.00000196. The van der Waals surface area contributed by atoms with E-state index in [9.17, 15) is 0 Å². The number of hydrogen-bond donors (Lipinski definition) is 1. The lowest BCUT2D eigenvalue weighted by Gasteiger charge is -2.07. The summed E-state index contributed by atoms with van der Waals surface area (Å²) in [6, 6.07) is 8.90. The van der Waals surface area contributed by atoms with E-state index in [1.807, 2.05) is 0 Å². The second-order valence-corrected chi connectivity index (χ2v) is 4.07. The molecule has 0 fully saturated rings. The summed E-state index contributed by atoms with van der Waals surface area (Å²) in [5.74, 6) is 0.632. The maximum absolute atomic E-state index is 3.40. The van der Waals surface area contributed by atoms with Crippen LogP contribution in [0.15, 0.2) is 24.3 Å². The van der Waals surface area contributed by atoms with Crippen molar-refractivity contribution in [3.05, 3.63) is 35.4 Å². The van der Waals surface area contributed by atoms with E-state index < -0.39 is 0 Å². The molecule has 0 saturated carbocycles. The Hall–Kier alpha value is -0.530. The molecule has 0 bridgehead atoms. The highest BCUT2D eigenvalue weighted by molar-refractivity contribution is 5.24. The van der Waals surface area contributed by atoms with Crippen LogP contribution in [0.2, 0.25) is 0 Å². The van der Waals surface area contributed by atoms with Gasteiger partial charge in [-0.25, -0.2) is 0 Å². The van der Waals surface area contributed by atoms with E-state index in [0.717, 1.165) is 13.1 Å². The normalized spacial score (nSPS) is 10.1. The summed E-state index contributed by atoms with van der Waals surface area (Å²) in [5.41, 5.74) is 2.80. The smallest absolute Gasteiger partial charge is 0.0205 e. The van der Waals surface area contributed by atoms with Gasteiger partial charge in [0.1, 0.15) is 0 Å². The Bertz CT molecular complexity index is 254. The van der Waals surface area contributed by atoms with Crippen LogP contribution in [-0.4, -0.2) is 6.54 Å². The number of benzene rings is 1. The van der Waals surface area contributed by atoms with Crippen molar-refractivity contribution in [2.45, 2.75) is 39.7 Å². The Morgan fingerprint density at radius 3 is 2.20 bits per heavy atom. The molecule has 0 heterocycles. The molecular weight excluding hydrogens is 206 g/mol. The van der Waals surface area contributed by atoms with Crippen LogP contribution in [0.4, 0.5) is 0 Å². The van der Waals surface area contributed by atoms with Gasteiger partial charge in [0.25, 0.3) is 0 Å². The van der Waals surface area contributed by atoms with Crippen molar-refractivity contribution in [1.82, 2.24) is 5.32 Å². The number of halogens is 1. The van der Waals surface area contributed by atoms with Crippen molar-refractivity contribution >= 4 is 0 Å². The van der Waals surface area contributed by atoms with Crippen LogP contribution >= 0.6 is 0 Å². The largest absolute Gasteiger partial charge is 1.00 e. The summed E-state index contributed by atoms with van der Waals surface area (Å²) < 4.78 is 0. The molecule has 86 valence electrons. The van der Waals surface area contributed by atoms with Gasteiger partial charge in [0.2, 0.25) is 0 Å². The average Bonchev–Trinajstić information content (AvgIpc) is 2.19. The van der Waals surface area contributed by atoms with Crippen molar-refractivity contribution < 1.29 is 12.4 Å². The number of nitrogens with one attached hydrogen (secondary N) is 1. The highest BCUT2D eigenvalue weighted by Gasteiger charge is 1.98. The molecule has 0 aliphatic carbocycles.